The lowest BCUT2D eigenvalue weighted by molar-refractivity contribution is 0.0734. The van der Waals surface area contributed by atoms with Crippen molar-refractivity contribution in [1.82, 2.24) is 5.43 Å². The molecule has 0 unspecified atom stereocenters. The average molecular weight is 465 g/mol. The van der Waals surface area contributed by atoms with Gasteiger partial charge >= 0.3 is 5.97 Å². The van der Waals surface area contributed by atoms with Gasteiger partial charge in [-0.3, -0.25) is 4.79 Å². The quantitative estimate of drug-likeness (QED) is 0.160. The number of carbonyl (C=O) groups is 2. The highest BCUT2D eigenvalue weighted by atomic mass is 16.5. The summed E-state index contributed by atoms with van der Waals surface area (Å²) in [6, 6.07) is 30.8. The molecule has 0 saturated carbocycles. The van der Waals surface area contributed by atoms with E-state index in [0.29, 0.717) is 29.2 Å². The third kappa shape index (κ3) is 6.88. The summed E-state index contributed by atoms with van der Waals surface area (Å²) in [5.41, 5.74) is 6.26. The molecule has 0 saturated heterocycles. The van der Waals surface area contributed by atoms with Crippen molar-refractivity contribution in [2.24, 2.45) is 5.10 Å². The zero-order chi connectivity index (χ0) is 24.5. The molecule has 4 aromatic rings. The van der Waals surface area contributed by atoms with Crippen LogP contribution in [0.5, 0.6) is 11.5 Å². The van der Waals surface area contributed by atoms with E-state index in [-0.39, 0.29) is 5.91 Å². The molecule has 6 heteroatoms. The molecule has 1 amide bonds. The minimum absolute atomic E-state index is 0.334. The summed E-state index contributed by atoms with van der Waals surface area (Å²) in [6.45, 7) is 2.38. The second kappa shape index (κ2) is 11.4. The first-order valence-electron chi connectivity index (χ1n) is 11.1. The number of hydrazone groups is 1. The van der Waals surface area contributed by atoms with Gasteiger partial charge in [0.25, 0.3) is 5.91 Å². The van der Waals surface area contributed by atoms with Crippen molar-refractivity contribution in [2.75, 3.05) is 0 Å². The van der Waals surface area contributed by atoms with Crippen molar-refractivity contribution in [3.8, 4) is 11.5 Å². The third-order valence-corrected chi connectivity index (χ3v) is 5.09. The van der Waals surface area contributed by atoms with Crippen LogP contribution in [0.15, 0.2) is 108 Å². The van der Waals surface area contributed by atoms with Gasteiger partial charge in [-0.15, -0.1) is 0 Å². The van der Waals surface area contributed by atoms with Crippen LogP contribution in [0.1, 0.15) is 37.4 Å². The number of hydrogen-bond acceptors (Lipinski definition) is 5. The second-order valence-electron chi connectivity index (χ2n) is 7.83. The highest BCUT2D eigenvalue weighted by Crippen LogP contribution is 2.16. The normalized spacial score (nSPS) is 10.7. The molecular formula is C29H24N2O4. The Kier molecular flexibility index (Phi) is 7.66. The zero-order valence-corrected chi connectivity index (χ0v) is 19.2. The van der Waals surface area contributed by atoms with Gasteiger partial charge in [0.05, 0.1) is 11.8 Å². The van der Waals surface area contributed by atoms with Crippen LogP contribution in [0.25, 0.3) is 0 Å². The van der Waals surface area contributed by atoms with E-state index in [9.17, 15) is 9.59 Å². The van der Waals surface area contributed by atoms with Gasteiger partial charge in [0.15, 0.2) is 0 Å². The lowest BCUT2D eigenvalue weighted by atomic mass is 10.1. The van der Waals surface area contributed by atoms with Crippen LogP contribution in [-0.2, 0) is 6.61 Å². The molecule has 0 aliphatic carbocycles. The second-order valence-corrected chi connectivity index (χ2v) is 7.83. The van der Waals surface area contributed by atoms with E-state index >= 15 is 0 Å². The van der Waals surface area contributed by atoms with Crippen LogP contribution in [0.3, 0.4) is 0 Å². The Morgan fingerprint density at radius 1 is 0.800 bits per heavy atom. The maximum Gasteiger partial charge on any atom is 0.343 e. The zero-order valence-electron chi connectivity index (χ0n) is 19.2. The average Bonchev–Trinajstić information content (AvgIpc) is 2.89. The fourth-order valence-corrected chi connectivity index (χ4v) is 3.23. The molecule has 35 heavy (non-hydrogen) atoms. The van der Waals surface area contributed by atoms with E-state index in [2.05, 4.69) is 10.5 Å². The van der Waals surface area contributed by atoms with Gasteiger partial charge in [0, 0.05) is 5.56 Å². The minimum atomic E-state index is -0.418. The van der Waals surface area contributed by atoms with Crippen LogP contribution >= 0.6 is 0 Å². The Hall–Kier alpha value is -4.71. The van der Waals surface area contributed by atoms with Crippen molar-refractivity contribution < 1.29 is 19.1 Å². The standard InChI is InChI=1S/C29H24N2O4/c1-21-6-5-9-25(18-21)29(33)35-27-14-10-22(11-15-27)19-30-31-28(32)24-12-16-26(17-13-24)34-20-23-7-3-2-4-8-23/h2-19H,20H2,1H3,(H,31,32)/b30-19+. The Morgan fingerprint density at radius 2 is 1.51 bits per heavy atom. The van der Waals surface area contributed by atoms with Crippen molar-refractivity contribution in [2.45, 2.75) is 13.5 Å². The first-order chi connectivity index (χ1) is 17.1. The molecule has 0 bridgehead atoms. The number of rotatable bonds is 8. The van der Waals surface area contributed by atoms with Gasteiger partial charge < -0.3 is 9.47 Å². The number of carbonyl (C=O) groups excluding carboxylic acids is 2. The molecule has 0 radical (unpaired) electrons. The predicted molar refractivity (Wildman–Crippen MR) is 135 cm³/mol. The van der Waals surface area contributed by atoms with E-state index in [1.165, 1.54) is 6.21 Å². The first-order valence-corrected chi connectivity index (χ1v) is 11.1. The third-order valence-electron chi connectivity index (χ3n) is 5.09. The number of nitrogens with one attached hydrogen (secondary N) is 1. The minimum Gasteiger partial charge on any atom is -0.489 e. The molecule has 4 aromatic carbocycles. The maximum absolute atomic E-state index is 12.3. The highest BCUT2D eigenvalue weighted by Gasteiger charge is 2.08. The van der Waals surface area contributed by atoms with Crippen LogP contribution in [0, 0.1) is 6.92 Å². The van der Waals surface area contributed by atoms with Crippen molar-refractivity contribution in [3.63, 3.8) is 0 Å². The SMILES string of the molecule is Cc1cccc(C(=O)Oc2ccc(/C=N/NC(=O)c3ccc(OCc4ccccc4)cc3)cc2)c1. The summed E-state index contributed by atoms with van der Waals surface area (Å²) in [4.78, 5) is 24.6. The van der Waals surface area contributed by atoms with Gasteiger partial charge in [-0.25, -0.2) is 10.2 Å². The van der Waals surface area contributed by atoms with Crippen LogP contribution < -0.4 is 14.9 Å². The number of benzene rings is 4. The molecule has 4 rings (SSSR count). The van der Waals surface area contributed by atoms with Crippen LogP contribution in [0.4, 0.5) is 0 Å². The summed E-state index contributed by atoms with van der Waals surface area (Å²) in [7, 11) is 0. The summed E-state index contributed by atoms with van der Waals surface area (Å²) in [6.07, 6.45) is 1.52. The van der Waals surface area contributed by atoms with E-state index in [1.54, 1.807) is 60.7 Å². The van der Waals surface area contributed by atoms with Gasteiger partial charge in [-0.05, 0) is 78.7 Å². The molecule has 1 N–H and O–H groups in total. The number of amides is 1. The molecule has 6 nitrogen and oxygen atoms in total. The number of ether oxygens (including phenoxy) is 2. The maximum atomic E-state index is 12.3. The lowest BCUT2D eigenvalue weighted by Crippen LogP contribution is -2.17. The molecule has 0 spiro atoms. The van der Waals surface area contributed by atoms with Crippen LogP contribution in [-0.4, -0.2) is 18.1 Å². The largest absolute Gasteiger partial charge is 0.489 e. The monoisotopic (exact) mass is 464 g/mol. The number of esters is 1. The topological polar surface area (TPSA) is 77.0 Å². The fourth-order valence-electron chi connectivity index (χ4n) is 3.23. The Morgan fingerprint density at radius 3 is 2.23 bits per heavy atom. The molecular weight excluding hydrogens is 440 g/mol. The van der Waals surface area contributed by atoms with Crippen molar-refractivity contribution >= 4 is 18.1 Å². The molecule has 174 valence electrons. The van der Waals surface area contributed by atoms with E-state index in [4.69, 9.17) is 9.47 Å². The molecule has 0 aromatic heterocycles. The van der Waals surface area contributed by atoms with E-state index in [0.717, 1.165) is 16.7 Å². The molecule has 0 aliphatic rings. The Balaban J connectivity index is 1.26. The molecule has 0 fully saturated rings. The van der Waals surface area contributed by atoms with E-state index < -0.39 is 5.97 Å². The number of hydrogen-bond donors (Lipinski definition) is 1. The summed E-state index contributed by atoms with van der Waals surface area (Å²) in [5.74, 6) is 0.350. The Bertz CT molecular complexity index is 1320. The highest BCUT2D eigenvalue weighted by molar-refractivity contribution is 5.95. The molecule has 0 heterocycles. The van der Waals surface area contributed by atoms with Crippen LogP contribution in [0.2, 0.25) is 0 Å². The van der Waals surface area contributed by atoms with Crippen molar-refractivity contribution in [3.05, 3.63) is 131 Å². The summed E-state index contributed by atoms with van der Waals surface area (Å²) in [5, 5.41) is 4.00. The van der Waals surface area contributed by atoms with Gasteiger partial charge in [-0.2, -0.15) is 5.10 Å². The first kappa shape index (κ1) is 23.4. The van der Waals surface area contributed by atoms with Crippen molar-refractivity contribution in [1.29, 1.82) is 0 Å². The summed E-state index contributed by atoms with van der Waals surface area (Å²) < 4.78 is 11.1. The fraction of sp³-hybridized carbons (Fsp3) is 0.0690. The summed E-state index contributed by atoms with van der Waals surface area (Å²) >= 11 is 0. The molecule has 0 atom stereocenters. The van der Waals surface area contributed by atoms with Gasteiger partial charge in [0.1, 0.15) is 18.1 Å². The number of aryl methyl sites for hydroxylation is 1. The van der Waals surface area contributed by atoms with Gasteiger partial charge in [0.2, 0.25) is 0 Å². The predicted octanol–water partition coefficient (Wildman–Crippen LogP) is 5.56. The molecule has 0 aliphatic heterocycles. The van der Waals surface area contributed by atoms with E-state index in [1.807, 2.05) is 49.4 Å². The van der Waals surface area contributed by atoms with Gasteiger partial charge in [-0.1, -0.05) is 48.0 Å². The number of nitrogens with zero attached hydrogens (tertiary/aromatic N) is 1. The Labute approximate surface area is 203 Å². The lowest BCUT2D eigenvalue weighted by Gasteiger charge is -2.07. The smallest absolute Gasteiger partial charge is 0.343 e.